The quantitative estimate of drug-likeness (QED) is 0.493. The van der Waals surface area contributed by atoms with Crippen LogP contribution in [0, 0.1) is 0 Å². The van der Waals surface area contributed by atoms with Crippen LogP contribution in [0.3, 0.4) is 0 Å². The van der Waals surface area contributed by atoms with Crippen LogP contribution in [0.2, 0.25) is 0 Å². The number of hydrogen-bond acceptors (Lipinski definition) is 0. The molecule has 0 unspecified atom stereocenters. The van der Waals surface area contributed by atoms with Crippen molar-refractivity contribution in [2.45, 2.75) is 49.9 Å². The molecule has 0 aliphatic heterocycles. The summed E-state index contributed by atoms with van der Waals surface area (Å²) in [5.74, 6) is 0. The molecule has 2 rings (SSSR count). The van der Waals surface area contributed by atoms with E-state index in [0.717, 1.165) is 12.8 Å². The topological polar surface area (TPSA) is 0 Å². The number of hydrogen-bond donors (Lipinski definition) is 0. The monoisotopic (exact) mass is 146 g/mol. The fraction of sp³-hybridized carbons (Fsp3) is 1.00. The number of rotatable bonds is 0. The van der Waals surface area contributed by atoms with Crippen LogP contribution in [0.15, 0.2) is 0 Å². The number of halogens is 2. The summed E-state index contributed by atoms with van der Waals surface area (Å²) in [7, 11) is 0. The predicted molar refractivity (Wildman–Crippen MR) is 35.4 cm³/mol. The Hall–Kier alpha value is -0.140. The highest BCUT2D eigenvalue weighted by Crippen LogP contribution is 2.55. The van der Waals surface area contributed by atoms with Gasteiger partial charge in [-0.2, -0.15) is 0 Å². The maximum absolute atomic E-state index is 13.5. The average Bonchev–Trinajstić information content (AvgIpc) is 2.20. The van der Waals surface area contributed by atoms with E-state index < -0.39 is 11.3 Å². The second kappa shape index (κ2) is 1.72. The van der Waals surface area contributed by atoms with Crippen molar-refractivity contribution in [3.8, 4) is 0 Å². The summed E-state index contributed by atoms with van der Waals surface area (Å²) in [6.07, 6.45) is 3.33. The number of fused-ring (bicyclic) bond motifs is 1. The van der Waals surface area contributed by atoms with Crippen LogP contribution in [0.5, 0.6) is 0 Å². The van der Waals surface area contributed by atoms with E-state index in [4.69, 9.17) is 0 Å². The van der Waals surface area contributed by atoms with Crippen LogP contribution in [-0.2, 0) is 0 Å². The van der Waals surface area contributed by atoms with E-state index in [-0.39, 0.29) is 0 Å². The summed E-state index contributed by atoms with van der Waals surface area (Å²) >= 11 is 0. The smallest absolute Gasteiger partial charge is 0.144 e. The highest BCUT2D eigenvalue weighted by Gasteiger charge is 2.59. The molecule has 0 bridgehead atoms. The molecule has 2 aliphatic rings. The third kappa shape index (κ3) is 0.599. The Labute approximate surface area is 59.6 Å². The van der Waals surface area contributed by atoms with E-state index >= 15 is 0 Å². The molecule has 58 valence electrons. The third-order valence-electron chi connectivity index (χ3n) is 3.10. The molecule has 0 aromatic carbocycles. The van der Waals surface area contributed by atoms with Gasteiger partial charge in [-0.25, -0.2) is 8.78 Å². The van der Waals surface area contributed by atoms with Gasteiger partial charge in [0.2, 0.25) is 0 Å². The molecule has 0 radical (unpaired) electrons. The molecule has 0 nitrogen and oxygen atoms in total. The van der Waals surface area contributed by atoms with Gasteiger partial charge in [0, 0.05) is 0 Å². The lowest BCUT2D eigenvalue weighted by atomic mass is 9.94. The summed E-state index contributed by atoms with van der Waals surface area (Å²) in [6.45, 7) is 0. The standard InChI is InChI=1S/C8H12F2/c9-7-3-1-4-8(7,10)6-2-5-7/h1-6H2. The van der Waals surface area contributed by atoms with E-state index in [1.807, 2.05) is 0 Å². The molecule has 0 spiro atoms. The van der Waals surface area contributed by atoms with Crippen LogP contribution in [-0.4, -0.2) is 11.3 Å². The molecule has 0 aromatic heterocycles. The molecule has 0 saturated heterocycles. The minimum absolute atomic E-state index is 0.462. The van der Waals surface area contributed by atoms with Crippen molar-refractivity contribution in [2.24, 2.45) is 0 Å². The molecular formula is C8H12F2. The minimum Gasteiger partial charge on any atom is -0.240 e. The van der Waals surface area contributed by atoms with Crippen molar-refractivity contribution in [3.63, 3.8) is 0 Å². The molecule has 0 atom stereocenters. The van der Waals surface area contributed by atoms with Crippen LogP contribution in [0.4, 0.5) is 8.78 Å². The van der Waals surface area contributed by atoms with Gasteiger partial charge in [-0.05, 0) is 38.5 Å². The van der Waals surface area contributed by atoms with Crippen LogP contribution in [0.25, 0.3) is 0 Å². The molecule has 0 heterocycles. The summed E-state index contributed by atoms with van der Waals surface area (Å²) in [5.41, 5.74) is -2.85. The van der Waals surface area contributed by atoms with Gasteiger partial charge in [0.15, 0.2) is 0 Å². The van der Waals surface area contributed by atoms with Crippen molar-refractivity contribution in [3.05, 3.63) is 0 Å². The Kier molecular flexibility index (Phi) is 1.13. The van der Waals surface area contributed by atoms with E-state index in [9.17, 15) is 8.78 Å². The molecule has 0 N–H and O–H groups in total. The van der Waals surface area contributed by atoms with Gasteiger partial charge < -0.3 is 0 Å². The molecule has 2 fully saturated rings. The Bertz CT molecular complexity index is 127. The second-order valence-corrected chi connectivity index (χ2v) is 3.64. The van der Waals surface area contributed by atoms with Crippen molar-refractivity contribution < 1.29 is 8.78 Å². The molecule has 10 heavy (non-hydrogen) atoms. The summed E-state index contributed by atoms with van der Waals surface area (Å²) in [5, 5.41) is 0. The summed E-state index contributed by atoms with van der Waals surface area (Å²) < 4.78 is 27.0. The van der Waals surface area contributed by atoms with Crippen molar-refractivity contribution in [1.82, 2.24) is 0 Å². The second-order valence-electron chi connectivity index (χ2n) is 3.64. The van der Waals surface area contributed by atoms with Gasteiger partial charge in [-0.1, -0.05) is 0 Å². The van der Waals surface area contributed by atoms with Crippen molar-refractivity contribution >= 4 is 0 Å². The first-order chi connectivity index (χ1) is 4.66. The van der Waals surface area contributed by atoms with Crippen molar-refractivity contribution in [1.29, 1.82) is 0 Å². The first-order valence-corrected chi connectivity index (χ1v) is 4.04. The molecule has 0 aromatic rings. The van der Waals surface area contributed by atoms with E-state index in [1.165, 1.54) is 0 Å². The first-order valence-electron chi connectivity index (χ1n) is 4.04. The van der Waals surface area contributed by atoms with Gasteiger partial charge in [0.05, 0.1) is 0 Å². The zero-order chi connectivity index (χ0) is 7.24. The minimum atomic E-state index is -1.42. The predicted octanol–water partition coefficient (Wildman–Crippen LogP) is 2.77. The molecule has 2 saturated carbocycles. The van der Waals surface area contributed by atoms with Crippen LogP contribution < -0.4 is 0 Å². The number of alkyl halides is 2. The average molecular weight is 146 g/mol. The largest absolute Gasteiger partial charge is 0.240 e. The molecule has 0 amide bonds. The lowest BCUT2D eigenvalue weighted by molar-refractivity contribution is 0.0148. The van der Waals surface area contributed by atoms with Gasteiger partial charge >= 0.3 is 0 Å². The Balaban J connectivity index is 2.30. The lowest BCUT2D eigenvalue weighted by Crippen LogP contribution is -2.36. The molecular weight excluding hydrogens is 134 g/mol. The highest BCUT2D eigenvalue weighted by atomic mass is 19.2. The highest BCUT2D eigenvalue weighted by molar-refractivity contribution is 5.09. The van der Waals surface area contributed by atoms with Gasteiger partial charge in [-0.3, -0.25) is 0 Å². The fourth-order valence-electron chi connectivity index (χ4n) is 2.44. The van der Waals surface area contributed by atoms with E-state index in [2.05, 4.69) is 0 Å². The zero-order valence-corrected chi connectivity index (χ0v) is 6.00. The van der Waals surface area contributed by atoms with Crippen LogP contribution in [0.1, 0.15) is 38.5 Å². The van der Waals surface area contributed by atoms with Gasteiger partial charge in [-0.15, -0.1) is 0 Å². The van der Waals surface area contributed by atoms with Gasteiger partial charge in [0.25, 0.3) is 0 Å². The Morgan fingerprint density at radius 2 is 1.00 bits per heavy atom. The maximum atomic E-state index is 13.5. The van der Waals surface area contributed by atoms with Crippen molar-refractivity contribution in [2.75, 3.05) is 0 Å². The Morgan fingerprint density at radius 1 is 0.700 bits per heavy atom. The molecule has 2 heteroatoms. The lowest BCUT2D eigenvalue weighted by Gasteiger charge is -2.25. The zero-order valence-electron chi connectivity index (χ0n) is 6.00. The Morgan fingerprint density at radius 3 is 1.30 bits per heavy atom. The van der Waals surface area contributed by atoms with E-state index in [0.29, 0.717) is 25.7 Å². The fourth-order valence-corrected chi connectivity index (χ4v) is 2.44. The van der Waals surface area contributed by atoms with Gasteiger partial charge in [0.1, 0.15) is 11.3 Å². The van der Waals surface area contributed by atoms with Crippen LogP contribution >= 0.6 is 0 Å². The molecule has 2 aliphatic carbocycles. The van der Waals surface area contributed by atoms with E-state index in [1.54, 1.807) is 0 Å². The first kappa shape index (κ1) is 6.56. The SMILES string of the molecule is FC12CCCC1(F)CCC2. The summed E-state index contributed by atoms with van der Waals surface area (Å²) in [4.78, 5) is 0. The normalized spacial score (nSPS) is 53.4. The maximum Gasteiger partial charge on any atom is 0.144 e. The summed E-state index contributed by atoms with van der Waals surface area (Å²) in [6, 6.07) is 0. The third-order valence-corrected chi connectivity index (χ3v) is 3.10.